The highest BCUT2D eigenvalue weighted by Crippen LogP contribution is 2.63. The summed E-state index contributed by atoms with van der Waals surface area (Å²) >= 11 is 0. The molecule has 0 heterocycles. The number of fused-ring (bicyclic) bond motifs is 10. The Kier molecular flexibility index (Phi) is 7.54. The van der Waals surface area contributed by atoms with Gasteiger partial charge in [-0.3, -0.25) is 0 Å². The summed E-state index contributed by atoms with van der Waals surface area (Å²) in [7, 11) is -6.60. The molecule has 0 saturated heterocycles. The SMILES string of the molecule is Cc1ccc2c(c1)C1(c3ccccc3-2)c2cc(P(=O)(c3ccccc3)c3ccccc3)ccc2-c2ccc(P(=O)(c3ccccc3)c3ccccc3)cc21. The van der Waals surface area contributed by atoms with Crippen molar-refractivity contribution >= 4 is 46.1 Å². The molecule has 0 fully saturated rings. The molecule has 0 bridgehead atoms. The predicted octanol–water partition coefficient (Wildman–Crippen LogP) is 9.62. The van der Waals surface area contributed by atoms with Crippen LogP contribution in [0.15, 0.2) is 200 Å². The van der Waals surface area contributed by atoms with E-state index in [1.165, 1.54) is 27.8 Å². The van der Waals surface area contributed by atoms with Gasteiger partial charge in [0.15, 0.2) is 14.3 Å². The zero-order chi connectivity index (χ0) is 36.5. The lowest BCUT2D eigenvalue weighted by molar-refractivity contribution is 0.591. The Balaban J connectivity index is 1.31. The molecule has 0 atom stereocenters. The molecule has 0 unspecified atom stereocenters. The quantitative estimate of drug-likeness (QED) is 0.160. The lowest BCUT2D eigenvalue weighted by Gasteiger charge is -2.32. The van der Waals surface area contributed by atoms with Crippen LogP contribution in [0.3, 0.4) is 0 Å². The zero-order valence-corrected chi connectivity index (χ0v) is 31.6. The summed E-state index contributed by atoms with van der Waals surface area (Å²) < 4.78 is 31.8. The third-order valence-corrected chi connectivity index (χ3v) is 17.6. The molecule has 2 aliphatic carbocycles. The minimum Gasteiger partial charge on any atom is -0.309 e. The summed E-state index contributed by atoms with van der Waals surface area (Å²) in [6.45, 7) is 2.15. The standard InChI is InChI=1S/C50H36O2P2/c1-35-26-29-43-42-24-14-15-25-46(42)50(47(43)32-35)48-33-40(53(51,36-16-6-2-7-17-36)37-18-8-3-9-19-37)27-30-44(48)45-31-28-41(34-49(45)50)54(52,38-20-10-4-11-21-38)39-22-12-5-13-23-39/h2-34H,1H3. The van der Waals surface area contributed by atoms with Gasteiger partial charge in [0, 0.05) is 31.8 Å². The Labute approximate surface area is 316 Å². The summed E-state index contributed by atoms with van der Waals surface area (Å²) in [6.07, 6.45) is 0. The average molecular weight is 731 g/mol. The largest absolute Gasteiger partial charge is 0.309 e. The first-order chi connectivity index (χ1) is 26.4. The van der Waals surface area contributed by atoms with E-state index in [-0.39, 0.29) is 0 Å². The van der Waals surface area contributed by atoms with Crippen LogP contribution in [0.2, 0.25) is 0 Å². The lowest BCUT2D eigenvalue weighted by atomic mass is 9.70. The van der Waals surface area contributed by atoms with Crippen LogP contribution in [-0.4, -0.2) is 0 Å². The molecular weight excluding hydrogens is 694 g/mol. The molecule has 0 N–H and O–H groups in total. The molecule has 8 aromatic rings. The van der Waals surface area contributed by atoms with Crippen LogP contribution in [0.1, 0.15) is 27.8 Å². The highest BCUT2D eigenvalue weighted by molar-refractivity contribution is 7.85. The van der Waals surface area contributed by atoms with Gasteiger partial charge in [-0.2, -0.15) is 0 Å². The lowest BCUT2D eigenvalue weighted by Crippen LogP contribution is -2.31. The molecule has 258 valence electrons. The van der Waals surface area contributed by atoms with E-state index in [1.54, 1.807) is 0 Å². The second kappa shape index (κ2) is 12.4. The van der Waals surface area contributed by atoms with Crippen molar-refractivity contribution in [2.45, 2.75) is 12.3 Å². The first-order valence-corrected chi connectivity index (χ1v) is 21.8. The third-order valence-electron chi connectivity index (χ3n) is 11.5. The van der Waals surface area contributed by atoms with Gasteiger partial charge in [0.25, 0.3) is 0 Å². The maximum atomic E-state index is 15.9. The van der Waals surface area contributed by atoms with Crippen LogP contribution >= 0.6 is 14.3 Å². The van der Waals surface area contributed by atoms with E-state index < -0.39 is 19.7 Å². The Hall–Kier alpha value is -5.78. The van der Waals surface area contributed by atoms with Crippen molar-refractivity contribution in [1.29, 1.82) is 0 Å². The van der Waals surface area contributed by atoms with Gasteiger partial charge in [-0.05, 0) is 63.6 Å². The van der Waals surface area contributed by atoms with Crippen LogP contribution in [0, 0.1) is 6.92 Å². The van der Waals surface area contributed by atoms with Crippen LogP contribution in [0.25, 0.3) is 22.3 Å². The van der Waals surface area contributed by atoms with E-state index >= 15 is 9.13 Å². The van der Waals surface area contributed by atoms with Gasteiger partial charge in [-0.1, -0.05) is 194 Å². The summed E-state index contributed by atoms with van der Waals surface area (Å²) in [5, 5.41) is 4.80. The maximum absolute atomic E-state index is 15.9. The summed E-state index contributed by atoms with van der Waals surface area (Å²) in [6, 6.07) is 68.1. The Morgan fingerprint density at radius 3 is 1.07 bits per heavy atom. The van der Waals surface area contributed by atoms with E-state index in [9.17, 15) is 0 Å². The van der Waals surface area contributed by atoms with E-state index in [0.717, 1.165) is 54.1 Å². The maximum Gasteiger partial charge on any atom is 0.171 e. The summed E-state index contributed by atoms with van der Waals surface area (Å²) in [4.78, 5) is 0. The molecule has 4 heteroatoms. The van der Waals surface area contributed by atoms with Crippen molar-refractivity contribution in [2.24, 2.45) is 0 Å². The summed E-state index contributed by atoms with van der Waals surface area (Å²) in [5.74, 6) is 0. The molecule has 8 aromatic carbocycles. The van der Waals surface area contributed by atoms with E-state index in [4.69, 9.17) is 0 Å². The first-order valence-electron chi connectivity index (χ1n) is 18.4. The molecule has 1 spiro atoms. The van der Waals surface area contributed by atoms with Gasteiger partial charge in [0.1, 0.15) is 0 Å². The van der Waals surface area contributed by atoms with Crippen molar-refractivity contribution < 1.29 is 9.13 Å². The highest BCUT2D eigenvalue weighted by Gasteiger charge is 2.53. The molecule has 54 heavy (non-hydrogen) atoms. The summed E-state index contributed by atoms with van der Waals surface area (Å²) in [5.41, 5.74) is 9.60. The minimum absolute atomic E-state index is 0.731. The Morgan fingerprint density at radius 2 is 0.648 bits per heavy atom. The smallest absolute Gasteiger partial charge is 0.171 e. The predicted molar refractivity (Wildman–Crippen MR) is 226 cm³/mol. The van der Waals surface area contributed by atoms with Crippen LogP contribution in [-0.2, 0) is 14.5 Å². The normalized spacial score (nSPS) is 13.6. The Bertz CT molecular complexity index is 2600. The van der Waals surface area contributed by atoms with Crippen molar-refractivity contribution in [3.63, 3.8) is 0 Å². The minimum atomic E-state index is -3.30. The average Bonchev–Trinajstić information content (AvgIpc) is 3.70. The van der Waals surface area contributed by atoms with Crippen LogP contribution < -0.4 is 31.8 Å². The van der Waals surface area contributed by atoms with E-state index in [2.05, 4.69) is 85.8 Å². The molecule has 2 nitrogen and oxygen atoms in total. The molecular formula is C50H36O2P2. The third kappa shape index (κ3) is 4.54. The fraction of sp³-hybridized carbons (Fsp3) is 0.0400. The van der Waals surface area contributed by atoms with Gasteiger partial charge in [0.2, 0.25) is 0 Å². The fourth-order valence-electron chi connectivity index (χ4n) is 9.11. The number of hydrogen-bond donors (Lipinski definition) is 0. The molecule has 0 aliphatic heterocycles. The highest BCUT2D eigenvalue weighted by atomic mass is 31.2. The molecule has 0 aromatic heterocycles. The number of aryl methyl sites for hydroxylation is 1. The second-order valence-electron chi connectivity index (χ2n) is 14.4. The van der Waals surface area contributed by atoms with Gasteiger partial charge in [0.05, 0.1) is 5.41 Å². The topological polar surface area (TPSA) is 34.1 Å². The first kappa shape index (κ1) is 32.8. The van der Waals surface area contributed by atoms with Crippen LogP contribution in [0.4, 0.5) is 0 Å². The van der Waals surface area contributed by atoms with Crippen molar-refractivity contribution in [3.05, 3.63) is 228 Å². The monoisotopic (exact) mass is 730 g/mol. The molecule has 2 aliphatic rings. The fourth-order valence-corrected chi connectivity index (χ4v) is 14.5. The second-order valence-corrected chi connectivity index (χ2v) is 19.9. The molecule has 0 radical (unpaired) electrons. The van der Waals surface area contributed by atoms with E-state index in [0.29, 0.717) is 0 Å². The van der Waals surface area contributed by atoms with Gasteiger partial charge >= 0.3 is 0 Å². The molecule has 0 amide bonds. The van der Waals surface area contributed by atoms with Crippen molar-refractivity contribution in [2.75, 3.05) is 0 Å². The number of hydrogen-bond acceptors (Lipinski definition) is 2. The number of rotatable bonds is 6. The van der Waals surface area contributed by atoms with E-state index in [1.807, 2.05) is 121 Å². The zero-order valence-electron chi connectivity index (χ0n) is 29.8. The van der Waals surface area contributed by atoms with Gasteiger partial charge in [-0.25, -0.2) is 0 Å². The van der Waals surface area contributed by atoms with Crippen molar-refractivity contribution in [1.82, 2.24) is 0 Å². The number of benzene rings is 8. The Morgan fingerprint density at radius 1 is 0.315 bits per heavy atom. The van der Waals surface area contributed by atoms with Crippen molar-refractivity contribution in [3.8, 4) is 22.3 Å². The van der Waals surface area contributed by atoms with Gasteiger partial charge in [-0.15, -0.1) is 0 Å². The van der Waals surface area contributed by atoms with Gasteiger partial charge < -0.3 is 9.13 Å². The molecule has 0 saturated carbocycles. The molecule has 10 rings (SSSR count). The van der Waals surface area contributed by atoms with Crippen LogP contribution in [0.5, 0.6) is 0 Å².